The highest BCUT2D eigenvalue weighted by Crippen LogP contribution is 2.04. The lowest BCUT2D eigenvalue weighted by Crippen LogP contribution is -2.29. The minimum atomic E-state index is -0.252. The van der Waals surface area contributed by atoms with Gasteiger partial charge in [0.2, 0.25) is 0 Å². The van der Waals surface area contributed by atoms with Gasteiger partial charge in [0.15, 0.2) is 0 Å². The zero-order valence-electron chi connectivity index (χ0n) is 6.29. The number of nitroso groups, excluding NO2 is 1. The predicted molar refractivity (Wildman–Crippen MR) is 42.7 cm³/mol. The van der Waals surface area contributed by atoms with Crippen molar-refractivity contribution >= 4 is 0 Å². The van der Waals surface area contributed by atoms with Gasteiger partial charge in [0.25, 0.3) is 0 Å². The fourth-order valence-corrected chi connectivity index (χ4v) is 0.700. The van der Waals surface area contributed by atoms with Crippen LogP contribution in [0.3, 0.4) is 0 Å². The summed E-state index contributed by atoms with van der Waals surface area (Å²) in [5, 5.41) is 2.90. The van der Waals surface area contributed by atoms with E-state index in [9.17, 15) is 4.91 Å². The molecular weight excluding hydrogens is 128 g/mol. The van der Waals surface area contributed by atoms with Gasteiger partial charge >= 0.3 is 0 Å². The van der Waals surface area contributed by atoms with Crippen LogP contribution in [0.2, 0.25) is 0 Å². The van der Waals surface area contributed by atoms with Crippen molar-refractivity contribution in [3.05, 3.63) is 17.6 Å². The van der Waals surface area contributed by atoms with Crippen molar-refractivity contribution in [2.45, 2.75) is 31.8 Å². The molecule has 0 radical (unpaired) electrons. The molecular formula is C7H14N2O. The second-order valence-corrected chi connectivity index (χ2v) is 2.40. The van der Waals surface area contributed by atoms with E-state index in [1.165, 1.54) is 0 Å². The first kappa shape index (κ1) is 9.30. The van der Waals surface area contributed by atoms with Crippen LogP contribution in [0.4, 0.5) is 0 Å². The molecule has 0 spiro atoms. The molecule has 0 aliphatic rings. The topological polar surface area (TPSA) is 55.5 Å². The van der Waals surface area contributed by atoms with Gasteiger partial charge < -0.3 is 5.73 Å². The van der Waals surface area contributed by atoms with Crippen LogP contribution in [0.1, 0.15) is 19.8 Å². The van der Waals surface area contributed by atoms with Gasteiger partial charge in [-0.05, 0) is 19.8 Å². The molecule has 0 aromatic rings. The Morgan fingerprint density at radius 3 is 2.70 bits per heavy atom. The number of rotatable bonds is 5. The first-order valence-corrected chi connectivity index (χ1v) is 3.41. The lowest BCUT2D eigenvalue weighted by atomic mass is 10.1. The number of hydrogen-bond donors (Lipinski definition) is 1. The van der Waals surface area contributed by atoms with Crippen LogP contribution in [0.25, 0.3) is 0 Å². The Bertz CT molecular complexity index is 112. The average Bonchev–Trinajstić information content (AvgIpc) is 1.89. The molecule has 0 aliphatic heterocycles. The smallest absolute Gasteiger partial charge is 0.107 e. The molecule has 0 saturated carbocycles. The van der Waals surface area contributed by atoms with Gasteiger partial charge in [0.1, 0.15) is 6.04 Å². The summed E-state index contributed by atoms with van der Waals surface area (Å²) in [5.41, 5.74) is 5.46. The number of nitrogens with zero attached hydrogens (tertiary/aromatic N) is 1. The van der Waals surface area contributed by atoms with Crippen molar-refractivity contribution < 1.29 is 0 Å². The molecule has 3 nitrogen and oxygen atoms in total. The largest absolute Gasteiger partial charge is 0.326 e. The number of allylic oxidation sites excluding steroid dienone is 1. The van der Waals surface area contributed by atoms with Crippen LogP contribution in [0.15, 0.2) is 17.8 Å². The van der Waals surface area contributed by atoms with Crippen molar-refractivity contribution in [3.8, 4) is 0 Å². The second kappa shape index (κ2) is 5.11. The summed E-state index contributed by atoms with van der Waals surface area (Å²) in [6.07, 6.45) is 3.28. The zero-order chi connectivity index (χ0) is 7.98. The van der Waals surface area contributed by atoms with Crippen molar-refractivity contribution in [1.29, 1.82) is 0 Å². The van der Waals surface area contributed by atoms with Gasteiger partial charge in [0, 0.05) is 6.04 Å². The lowest BCUT2D eigenvalue weighted by molar-refractivity contribution is 0.527. The fraction of sp³-hybridized carbons (Fsp3) is 0.714. The summed E-state index contributed by atoms with van der Waals surface area (Å²) in [6, 6.07) is -0.393. The summed E-state index contributed by atoms with van der Waals surface area (Å²) in [6.45, 7) is 5.33. The molecule has 0 aromatic heterocycles. The van der Waals surface area contributed by atoms with Gasteiger partial charge in [0.05, 0.1) is 0 Å². The van der Waals surface area contributed by atoms with E-state index in [0.29, 0.717) is 6.42 Å². The summed E-state index contributed by atoms with van der Waals surface area (Å²) in [7, 11) is 0. The average molecular weight is 142 g/mol. The third-order valence-electron chi connectivity index (χ3n) is 1.41. The third-order valence-corrected chi connectivity index (χ3v) is 1.41. The van der Waals surface area contributed by atoms with Gasteiger partial charge in [-0.2, -0.15) is 4.91 Å². The number of nitrogens with two attached hydrogens (primary N) is 1. The van der Waals surface area contributed by atoms with Gasteiger partial charge in [-0.1, -0.05) is 11.3 Å². The maximum Gasteiger partial charge on any atom is 0.107 e. The Hall–Kier alpha value is -0.700. The fourth-order valence-electron chi connectivity index (χ4n) is 0.700. The van der Waals surface area contributed by atoms with Gasteiger partial charge in [-0.15, -0.1) is 6.58 Å². The Morgan fingerprint density at radius 1 is 1.80 bits per heavy atom. The van der Waals surface area contributed by atoms with E-state index in [1.807, 2.05) is 0 Å². The lowest BCUT2D eigenvalue weighted by Gasteiger charge is -2.10. The van der Waals surface area contributed by atoms with E-state index < -0.39 is 0 Å². The zero-order valence-corrected chi connectivity index (χ0v) is 6.29. The van der Waals surface area contributed by atoms with Crippen LogP contribution in [0, 0.1) is 4.91 Å². The van der Waals surface area contributed by atoms with Crippen LogP contribution < -0.4 is 5.73 Å². The molecule has 2 atom stereocenters. The molecule has 0 heterocycles. The Labute approximate surface area is 61.3 Å². The monoisotopic (exact) mass is 142 g/mol. The van der Waals surface area contributed by atoms with Gasteiger partial charge in [-0.3, -0.25) is 0 Å². The molecule has 0 aromatic carbocycles. The summed E-state index contributed by atoms with van der Waals surface area (Å²) in [4.78, 5) is 10.1. The molecule has 0 bridgehead atoms. The van der Waals surface area contributed by atoms with E-state index in [-0.39, 0.29) is 12.1 Å². The van der Waals surface area contributed by atoms with Crippen molar-refractivity contribution in [2.75, 3.05) is 0 Å². The molecule has 2 unspecified atom stereocenters. The Balaban J connectivity index is 3.59. The summed E-state index contributed by atoms with van der Waals surface area (Å²) < 4.78 is 0. The van der Waals surface area contributed by atoms with Crippen LogP contribution in [-0.4, -0.2) is 12.1 Å². The normalized spacial score (nSPS) is 15.8. The summed E-state index contributed by atoms with van der Waals surface area (Å²) >= 11 is 0. The highest BCUT2D eigenvalue weighted by Gasteiger charge is 2.11. The number of hydrogen-bond acceptors (Lipinski definition) is 3. The molecule has 0 amide bonds. The third kappa shape index (κ3) is 3.35. The molecule has 2 N–H and O–H groups in total. The quantitative estimate of drug-likeness (QED) is 0.466. The molecule has 3 heteroatoms. The maximum atomic E-state index is 10.1. The van der Waals surface area contributed by atoms with Crippen molar-refractivity contribution in [2.24, 2.45) is 10.9 Å². The van der Waals surface area contributed by atoms with E-state index in [4.69, 9.17) is 5.73 Å². The Kier molecular flexibility index (Phi) is 4.76. The molecule has 0 rings (SSSR count). The minimum absolute atomic E-state index is 0.141. The van der Waals surface area contributed by atoms with Crippen molar-refractivity contribution in [3.63, 3.8) is 0 Å². The standard InChI is InChI=1S/C7H14N2O/c1-3-4-5-7(9-10)6(2)8/h3,6-7H,1,4-5,8H2,2H3. The van der Waals surface area contributed by atoms with Crippen molar-refractivity contribution in [1.82, 2.24) is 0 Å². The van der Waals surface area contributed by atoms with Crippen LogP contribution in [0.5, 0.6) is 0 Å². The Morgan fingerprint density at radius 2 is 2.40 bits per heavy atom. The molecule has 58 valence electrons. The van der Waals surface area contributed by atoms with E-state index in [0.717, 1.165) is 6.42 Å². The van der Waals surface area contributed by atoms with Gasteiger partial charge in [-0.25, -0.2) is 0 Å². The molecule has 0 fully saturated rings. The predicted octanol–water partition coefficient (Wildman–Crippen LogP) is 1.43. The first-order chi connectivity index (χ1) is 4.72. The molecule has 0 aliphatic carbocycles. The first-order valence-electron chi connectivity index (χ1n) is 3.41. The highest BCUT2D eigenvalue weighted by molar-refractivity contribution is 4.78. The summed E-state index contributed by atoms with van der Waals surface area (Å²) in [5.74, 6) is 0. The second-order valence-electron chi connectivity index (χ2n) is 2.40. The molecule has 0 saturated heterocycles. The van der Waals surface area contributed by atoms with Crippen LogP contribution >= 0.6 is 0 Å². The van der Waals surface area contributed by atoms with Crippen LogP contribution in [-0.2, 0) is 0 Å². The van der Waals surface area contributed by atoms with E-state index >= 15 is 0 Å². The van der Waals surface area contributed by atoms with E-state index in [1.54, 1.807) is 13.0 Å². The van der Waals surface area contributed by atoms with E-state index in [2.05, 4.69) is 11.8 Å². The molecule has 10 heavy (non-hydrogen) atoms. The highest BCUT2D eigenvalue weighted by atomic mass is 16.3. The maximum absolute atomic E-state index is 10.1. The SMILES string of the molecule is C=CCCC(N=O)C(C)N. The minimum Gasteiger partial charge on any atom is -0.326 e.